The molecule has 1 N–H and O–H groups in total. The summed E-state index contributed by atoms with van der Waals surface area (Å²) >= 11 is 0. The number of pyridine rings is 1. The molecule has 0 bridgehead atoms. The Bertz CT molecular complexity index is 717. The first kappa shape index (κ1) is 14.2. The first-order chi connectivity index (χ1) is 10.7. The van der Waals surface area contributed by atoms with Crippen LogP contribution in [-0.2, 0) is 13.5 Å². The Hall–Kier alpha value is -1.45. The van der Waals surface area contributed by atoms with Gasteiger partial charge in [0.25, 0.3) is 0 Å². The van der Waals surface area contributed by atoms with Crippen LogP contribution in [0.2, 0.25) is 12.1 Å². The average Bonchev–Trinajstić information content (AvgIpc) is 2.98. The SMILES string of the molecule is Cc1ccccc1-c1cc2c(c[n+]1C)[Si]1(CCC2)CCNC1. The van der Waals surface area contributed by atoms with E-state index in [1.807, 2.05) is 0 Å². The summed E-state index contributed by atoms with van der Waals surface area (Å²) in [5.74, 6) is 0. The van der Waals surface area contributed by atoms with Crippen molar-refractivity contribution in [1.29, 1.82) is 0 Å². The van der Waals surface area contributed by atoms with Gasteiger partial charge >= 0.3 is 0 Å². The maximum atomic E-state index is 3.65. The Morgan fingerprint density at radius 3 is 2.82 bits per heavy atom. The Kier molecular flexibility index (Phi) is 3.42. The predicted octanol–water partition coefficient (Wildman–Crippen LogP) is 2.23. The fraction of sp³-hybridized carbons (Fsp3) is 0.421. The van der Waals surface area contributed by atoms with E-state index in [4.69, 9.17) is 0 Å². The van der Waals surface area contributed by atoms with Gasteiger partial charge in [-0.2, -0.15) is 0 Å². The first-order valence-corrected chi connectivity index (χ1v) is 11.1. The molecule has 1 aromatic carbocycles. The third-order valence-electron chi connectivity index (χ3n) is 5.70. The minimum Gasteiger partial charge on any atom is -0.319 e. The molecule has 2 aliphatic heterocycles. The Morgan fingerprint density at radius 1 is 1.18 bits per heavy atom. The van der Waals surface area contributed by atoms with Crippen molar-refractivity contribution < 1.29 is 4.57 Å². The van der Waals surface area contributed by atoms with Crippen molar-refractivity contribution >= 4 is 13.3 Å². The average molecular weight is 310 g/mol. The number of nitrogens with zero attached hydrogens (tertiary/aromatic N) is 1. The second-order valence-electron chi connectivity index (χ2n) is 7.08. The normalized spacial score (nSPS) is 23.7. The molecule has 3 heterocycles. The van der Waals surface area contributed by atoms with Crippen LogP contribution < -0.4 is 15.1 Å². The number of aromatic nitrogens is 1. The number of hydrogen-bond acceptors (Lipinski definition) is 1. The summed E-state index contributed by atoms with van der Waals surface area (Å²) in [6.07, 6.45) is 6.44. The fourth-order valence-corrected chi connectivity index (χ4v) is 9.28. The highest BCUT2D eigenvalue weighted by Gasteiger charge is 2.43. The lowest BCUT2D eigenvalue weighted by molar-refractivity contribution is -0.659. The van der Waals surface area contributed by atoms with E-state index in [9.17, 15) is 0 Å². The van der Waals surface area contributed by atoms with Crippen LogP contribution in [0.1, 0.15) is 17.5 Å². The van der Waals surface area contributed by atoms with Gasteiger partial charge in [0.2, 0.25) is 5.69 Å². The minimum atomic E-state index is -1.24. The van der Waals surface area contributed by atoms with E-state index in [1.54, 1.807) is 10.8 Å². The molecule has 1 fully saturated rings. The summed E-state index contributed by atoms with van der Waals surface area (Å²) in [6.45, 7) is 3.45. The first-order valence-electron chi connectivity index (χ1n) is 8.49. The molecule has 2 aromatic rings. The number of rotatable bonds is 1. The molecule has 1 atom stereocenters. The molecule has 22 heavy (non-hydrogen) atoms. The molecule has 1 saturated heterocycles. The molecule has 0 saturated carbocycles. The number of hydrogen-bond donors (Lipinski definition) is 1. The molecular weight excluding hydrogens is 284 g/mol. The summed E-state index contributed by atoms with van der Waals surface area (Å²) < 4.78 is 2.37. The second kappa shape index (κ2) is 5.32. The van der Waals surface area contributed by atoms with Gasteiger partial charge in [0.15, 0.2) is 6.20 Å². The van der Waals surface area contributed by atoms with Crippen LogP contribution >= 0.6 is 0 Å². The van der Waals surface area contributed by atoms with Crippen molar-refractivity contribution in [2.75, 3.05) is 12.7 Å². The van der Waals surface area contributed by atoms with Crippen LogP contribution in [0.5, 0.6) is 0 Å². The minimum absolute atomic E-state index is 1.23. The van der Waals surface area contributed by atoms with E-state index in [0.717, 1.165) is 0 Å². The maximum Gasteiger partial charge on any atom is 0.212 e. The molecule has 1 unspecified atom stereocenters. The Morgan fingerprint density at radius 2 is 2.05 bits per heavy atom. The lowest BCUT2D eigenvalue weighted by atomic mass is 10.0. The number of fused-ring (bicyclic) bond motifs is 2. The molecule has 0 amide bonds. The third kappa shape index (κ3) is 2.15. The largest absolute Gasteiger partial charge is 0.319 e. The van der Waals surface area contributed by atoms with Gasteiger partial charge in [-0.1, -0.05) is 30.7 Å². The van der Waals surface area contributed by atoms with Crippen molar-refractivity contribution in [2.24, 2.45) is 7.05 Å². The summed E-state index contributed by atoms with van der Waals surface area (Å²) in [5.41, 5.74) is 5.74. The van der Waals surface area contributed by atoms with Gasteiger partial charge in [0, 0.05) is 16.8 Å². The third-order valence-corrected chi connectivity index (χ3v) is 10.7. The Labute approximate surface area is 134 Å². The predicted molar refractivity (Wildman–Crippen MR) is 94.0 cm³/mol. The molecule has 2 aliphatic rings. The lowest BCUT2D eigenvalue weighted by Crippen LogP contribution is -2.56. The van der Waals surface area contributed by atoms with Crippen LogP contribution in [0.25, 0.3) is 11.3 Å². The molecule has 0 radical (unpaired) electrons. The van der Waals surface area contributed by atoms with E-state index in [1.165, 1.54) is 54.5 Å². The number of nitrogens with one attached hydrogen (secondary N) is 1. The van der Waals surface area contributed by atoms with Gasteiger partial charge in [-0.3, -0.25) is 0 Å². The molecule has 3 heteroatoms. The molecule has 2 nitrogen and oxygen atoms in total. The van der Waals surface area contributed by atoms with E-state index in [-0.39, 0.29) is 0 Å². The van der Waals surface area contributed by atoms with E-state index >= 15 is 0 Å². The van der Waals surface area contributed by atoms with Gasteiger partial charge < -0.3 is 5.32 Å². The molecule has 0 aliphatic carbocycles. The topological polar surface area (TPSA) is 15.9 Å². The summed E-state index contributed by atoms with van der Waals surface area (Å²) in [6, 6.07) is 14.2. The quantitative estimate of drug-likeness (QED) is 0.631. The van der Waals surface area contributed by atoms with E-state index in [2.05, 4.69) is 60.4 Å². The standard InChI is InChI=1S/C19H25N2Si/c1-15-6-3-4-8-17(15)18-12-16-7-5-10-22(11-9-20-14-22)19(16)13-21(18)2/h3-4,6,8,12-13,20H,5,7,9-11,14H2,1-2H3/q+1. The zero-order valence-corrected chi connectivity index (χ0v) is 14.7. The fourth-order valence-electron chi connectivity index (χ4n) is 4.44. The number of benzene rings is 1. The van der Waals surface area contributed by atoms with Crippen LogP contribution in [0, 0.1) is 6.92 Å². The Balaban J connectivity index is 1.86. The highest BCUT2D eigenvalue weighted by molar-refractivity contribution is 6.93. The summed E-state index contributed by atoms with van der Waals surface area (Å²) in [7, 11) is 0.982. The molecular formula is C19H25N2Si+. The second-order valence-corrected chi connectivity index (χ2v) is 11.5. The van der Waals surface area contributed by atoms with Gasteiger partial charge in [-0.05, 0) is 49.3 Å². The van der Waals surface area contributed by atoms with E-state index in [0.29, 0.717) is 0 Å². The highest BCUT2D eigenvalue weighted by Crippen LogP contribution is 2.29. The van der Waals surface area contributed by atoms with Crippen molar-refractivity contribution in [3.63, 3.8) is 0 Å². The monoisotopic (exact) mass is 309 g/mol. The maximum absolute atomic E-state index is 3.65. The van der Waals surface area contributed by atoms with Crippen molar-refractivity contribution in [1.82, 2.24) is 5.32 Å². The zero-order valence-electron chi connectivity index (χ0n) is 13.7. The lowest BCUT2D eigenvalue weighted by Gasteiger charge is -2.32. The molecule has 1 aromatic heterocycles. The van der Waals surface area contributed by atoms with Gasteiger partial charge in [-0.15, -0.1) is 0 Å². The van der Waals surface area contributed by atoms with Crippen LogP contribution in [0.3, 0.4) is 0 Å². The van der Waals surface area contributed by atoms with Crippen molar-refractivity contribution in [3.8, 4) is 11.3 Å². The summed E-state index contributed by atoms with van der Waals surface area (Å²) in [4.78, 5) is 0. The molecule has 4 rings (SSSR count). The summed E-state index contributed by atoms with van der Waals surface area (Å²) in [5, 5.41) is 5.39. The molecule has 1 spiro atoms. The van der Waals surface area contributed by atoms with Crippen LogP contribution in [0.15, 0.2) is 36.5 Å². The van der Waals surface area contributed by atoms with Gasteiger partial charge in [0.05, 0.1) is 0 Å². The van der Waals surface area contributed by atoms with Gasteiger partial charge in [0.1, 0.15) is 15.1 Å². The van der Waals surface area contributed by atoms with Gasteiger partial charge in [-0.25, -0.2) is 4.57 Å². The van der Waals surface area contributed by atoms with Crippen molar-refractivity contribution in [2.45, 2.75) is 31.9 Å². The number of aryl methyl sites for hydroxylation is 3. The van der Waals surface area contributed by atoms with Crippen LogP contribution in [0.4, 0.5) is 0 Å². The van der Waals surface area contributed by atoms with E-state index < -0.39 is 8.07 Å². The smallest absolute Gasteiger partial charge is 0.212 e. The van der Waals surface area contributed by atoms with Crippen molar-refractivity contribution in [3.05, 3.63) is 47.7 Å². The highest BCUT2D eigenvalue weighted by atomic mass is 28.3. The zero-order chi connectivity index (χ0) is 15.2. The molecule has 114 valence electrons. The van der Waals surface area contributed by atoms with Crippen LogP contribution in [-0.4, -0.2) is 20.8 Å².